The highest BCUT2D eigenvalue weighted by Crippen LogP contribution is 2.56. The first-order valence-electron chi connectivity index (χ1n) is 19.0. The second-order valence-corrected chi connectivity index (χ2v) is 14.3. The van der Waals surface area contributed by atoms with Gasteiger partial charge in [-0.2, -0.15) is 0 Å². The summed E-state index contributed by atoms with van der Waals surface area (Å²) in [7, 11) is 0. The highest BCUT2D eigenvalue weighted by molar-refractivity contribution is 5.89. The monoisotopic (exact) mass is 699 g/mol. The molecule has 0 spiro atoms. The lowest BCUT2D eigenvalue weighted by Gasteiger charge is -2.33. The van der Waals surface area contributed by atoms with Gasteiger partial charge in [-0.1, -0.05) is 206 Å². The van der Waals surface area contributed by atoms with Gasteiger partial charge in [0.05, 0.1) is 16.8 Å². The van der Waals surface area contributed by atoms with Crippen molar-refractivity contribution in [2.75, 3.05) is 0 Å². The van der Waals surface area contributed by atoms with E-state index < -0.39 is 0 Å². The molecule has 1 nitrogen and oxygen atoms in total. The first kappa shape index (κ1) is 32.6. The number of hydrogen-bond acceptors (Lipinski definition) is 1. The molecule has 0 atom stereocenters. The molecule has 0 unspecified atom stereocenters. The smallest absolute Gasteiger partial charge is 0.0715 e. The van der Waals surface area contributed by atoms with Crippen LogP contribution in [0.1, 0.15) is 22.3 Å². The van der Waals surface area contributed by atoms with Crippen LogP contribution in [0.25, 0.3) is 67.0 Å². The molecule has 1 heterocycles. The molecule has 0 fully saturated rings. The number of aromatic nitrogens is 1. The minimum Gasteiger partial charge on any atom is -0.248 e. The maximum Gasteiger partial charge on any atom is 0.0715 e. The quantitative estimate of drug-likeness (QED) is 0.161. The van der Waals surface area contributed by atoms with E-state index in [0.29, 0.717) is 0 Å². The number of pyridine rings is 1. The third-order valence-corrected chi connectivity index (χ3v) is 11.2. The molecule has 1 aliphatic rings. The fourth-order valence-electron chi connectivity index (χ4n) is 8.55. The van der Waals surface area contributed by atoms with Crippen LogP contribution in [0.3, 0.4) is 0 Å². The van der Waals surface area contributed by atoms with Crippen LogP contribution in [0.5, 0.6) is 0 Å². The van der Waals surface area contributed by atoms with Crippen LogP contribution in [-0.4, -0.2) is 4.98 Å². The summed E-state index contributed by atoms with van der Waals surface area (Å²) in [6.07, 6.45) is 0. The van der Waals surface area contributed by atoms with Crippen molar-refractivity contribution in [3.05, 3.63) is 247 Å². The first-order chi connectivity index (χ1) is 27.3. The zero-order valence-corrected chi connectivity index (χ0v) is 30.3. The summed E-state index contributed by atoms with van der Waals surface area (Å²) >= 11 is 0. The molecule has 0 N–H and O–H groups in total. The van der Waals surface area contributed by atoms with Gasteiger partial charge in [-0.3, -0.25) is 0 Å². The molecule has 0 bridgehead atoms. The van der Waals surface area contributed by atoms with Crippen LogP contribution < -0.4 is 0 Å². The van der Waals surface area contributed by atoms with E-state index in [1.807, 2.05) is 6.07 Å². The normalized spacial score (nSPS) is 12.5. The Morgan fingerprint density at radius 1 is 0.255 bits per heavy atom. The van der Waals surface area contributed by atoms with Crippen molar-refractivity contribution in [1.82, 2.24) is 4.98 Å². The highest BCUT2D eigenvalue weighted by atomic mass is 14.7. The predicted molar refractivity (Wildman–Crippen MR) is 229 cm³/mol. The zero-order chi connectivity index (χ0) is 36.6. The van der Waals surface area contributed by atoms with Gasteiger partial charge in [0.1, 0.15) is 0 Å². The molecule has 8 aromatic carbocycles. The van der Waals surface area contributed by atoms with Gasteiger partial charge in [0, 0.05) is 11.1 Å². The molecule has 0 amide bonds. The fraction of sp³-hybridized carbons (Fsp3) is 0.0185. The van der Waals surface area contributed by atoms with E-state index in [1.165, 1.54) is 61.2 Å². The lowest BCUT2D eigenvalue weighted by molar-refractivity contribution is 0.768. The topological polar surface area (TPSA) is 12.9 Å². The summed E-state index contributed by atoms with van der Waals surface area (Å²) < 4.78 is 0. The summed E-state index contributed by atoms with van der Waals surface area (Å²) in [4.78, 5) is 5.13. The van der Waals surface area contributed by atoms with Crippen LogP contribution in [-0.2, 0) is 5.41 Å². The number of fused-ring (bicyclic) bond motifs is 3. The Morgan fingerprint density at radius 3 is 1.20 bits per heavy atom. The van der Waals surface area contributed by atoms with E-state index in [0.717, 1.165) is 28.1 Å². The van der Waals surface area contributed by atoms with Crippen LogP contribution in [0.4, 0.5) is 0 Å². The van der Waals surface area contributed by atoms with Crippen LogP contribution >= 0.6 is 0 Å². The van der Waals surface area contributed by atoms with Crippen molar-refractivity contribution in [2.45, 2.75) is 5.41 Å². The average Bonchev–Trinajstić information content (AvgIpc) is 3.58. The number of rotatable bonds is 7. The Hall–Kier alpha value is -7.09. The fourth-order valence-corrected chi connectivity index (χ4v) is 8.55. The predicted octanol–water partition coefficient (Wildman–Crippen LogP) is 13.8. The van der Waals surface area contributed by atoms with Crippen molar-refractivity contribution in [1.29, 1.82) is 0 Å². The molecular weight excluding hydrogens is 663 g/mol. The third-order valence-electron chi connectivity index (χ3n) is 11.2. The maximum absolute atomic E-state index is 5.13. The Kier molecular flexibility index (Phi) is 8.12. The number of nitrogens with zero attached hydrogens (tertiary/aromatic N) is 1. The lowest BCUT2D eigenvalue weighted by Crippen LogP contribution is -2.28. The van der Waals surface area contributed by atoms with Gasteiger partial charge in [0.25, 0.3) is 0 Å². The Bertz CT molecular complexity index is 2660. The van der Waals surface area contributed by atoms with Crippen LogP contribution in [0, 0.1) is 0 Å². The maximum atomic E-state index is 5.13. The second-order valence-electron chi connectivity index (χ2n) is 14.3. The van der Waals surface area contributed by atoms with Crippen molar-refractivity contribution in [2.24, 2.45) is 0 Å². The second kappa shape index (κ2) is 13.7. The molecule has 1 aromatic heterocycles. The molecule has 9 aromatic rings. The molecule has 258 valence electrons. The van der Waals surface area contributed by atoms with E-state index >= 15 is 0 Å². The minimum atomic E-state index is -0.384. The largest absolute Gasteiger partial charge is 0.248 e. The Morgan fingerprint density at radius 2 is 0.636 bits per heavy atom. The molecule has 1 aliphatic carbocycles. The number of benzene rings is 8. The molecule has 55 heavy (non-hydrogen) atoms. The Labute approximate surface area is 322 Å². The van der Waals surface area contributed by atoms with E-state index in [-0.39, 0.29) is 5.41 Å². The van der Waals surface area contributed by atoms with Crippen LogP contribution in [0.15, 0.2) is 224 Å². The van der Waals surface area contributed by atoms with Gasteiger partial charge < -0.3 is 0 Å². The van der Waals surface area contributed by atoms with E-state index in [1.54, 1.807) is 0 Å². The van der Waals surface area contributed by atoms with Crippen LogP contribution in [0.2, 0.25) is 0 Å². The summed E-state index contributed by atoms with van der Waals surface area (Å²) in [5.41, 5.74) is 18.7. The van der Waals surface area contributed by atoms with E-state index in [9.17, 15) is 0 Å². The standard InChI is InChI=1S/C54H37N/c1-5-15-38(16-6-1)45-36-52(42-17-7-2-8-18-42)55-53(37-45)43-31-29-40(30-32-43)39-25-27-41(28-26-39)44-33-34-51-49(35-44)48-23-13-14-24-50(48)54(51,46-19-9-3-10-20-46)47-21-11-4-12-22-47/h1-37H. The molecule has 1 heteroatoms. The lowest BCUT2D eigenvalue weighted by atomic mass is 9.67. The van der Waals surface area contributed by atoms with Gasteiger partial charge >= 0.3 is 0 Å². The summed E-state index contributed by atoms with van der Waals surface area (Å²) in [5.74, 6) is 0. The van der Waals surface area contributed by atoms with E-state index in [2.05, 4.69) is 218 Å². The SMILES string of the molecule is c1ccc(-c2cc(-c3ccccc3)nc(-c3ccc(-c4ccc(-c5ccc6c(c5)-c5ccccc5C6(c5ccccc5)c5ccccc5)cc4)cc3)c2)cc1. The van der Waals surface area contributed by atoms with E-state index in [4.69, 9.17) is 4.98 Å². The summed E-state index contributed by atoms with van der Waals surface area (Å²) in [5, 5.41) is 0. The Balaban J connectivity index is 0.985. The van der Waals surface area contributed by atoms with Gasteiger partial charge in [0.2, 0.25) is 0 Å². The molecule has 0 saturated carbocycles. The highest BCUT2D eigenvalue weighted by Gasteiger charge is 2.45. The molecule has 0 saturated heterocycles. The molecule has 0 radical (unpaired) electrons. The average molecular weight is 700 g/mol. The summed E-state index contributed by atoms with van der Waals surface area (Å²) in [6, 6.07) is 81.1. The molecular formula is C54H37N. The molecule has 0 aliphatic heterocycles. The van der Waals surface area contributed by atoms with Crippen molar-refractivity contribution < 1.29 is 0 Å². The van der Waals surface area contributed by atoms with Gasteiger partial charge in [-0.05, 0) is 85.0 Å². The number of hydrogen-bond donors (Lipinski definition) is 0. The summed E-state index contributed by atoms with van der Waals surface area (Å²) in [6.45, 7) is 0. The van der Waals surface area contributed by atoms with Crippen molar-refractivity contribution >= 4 is 0 Å². The third kappa shape index (κ3) is 5.69. The van der Waals surface area contributed by atoms with Crippen molar-refractivity contribution in [3.63, 3.8) is 0 Å². The molecule has 10 rings (SSSR count). The first-order valence-corrected chi connectivity index (χ1v) is 19.0. The minimum absolute atomic E-state index is 0.384. The zero-order valence-electron chi connectivity index (χ0n) is 30.3. The van der Waals surface area contributed by atoms with Gasteiger partial charge in [-0.25, -0.2) is 4.98 Å². The van der Waals surface area contributed by atoms with Gasteiger partial charge in [0.15, 0.2) is 0 Å². The van der Waals surface area contributed by atoms with Gasteiger partial charge in [-0.15, -0.1) is 0 Å². The van der Waals surface area contributed by atoms with Crippen molar-refractivity contribution in [3.8, 4) is 67.0 Å².